The number of nitrogens with zero attached hydrogens (tertiary/aromatic N) is 2. The molecule has 5 nitrogen and oxygen atoms in total. The van der Waals surface area contributed by atoms with Crippen LogP contribution in [0.1, 0.15) is 15.9 Å². The maximum absolute atomic E-state index is 12.7. The third-order valence-electron chi connectivity index (χ3n) is 3.51. The summed E-state index contributed by atoms with van der Waals surface area (Å²) in [7, 11) is 1.53. The van der Waals surface area contributed by atoms with Crippen molar-refractivity contribution >= 4 is 17.3 Å². The van der Waals surface area contributed by atoms with E-state index in [0.717, 1.165) is 17.7 Å². The van der Waals surface area contributed by atoms with Gasteiger partial charge in [0.05, 0.1) is 30.2 Å². The lowest BCUT2D eigenvalue weighted by molar-refractivity contribution is 0.0986. The molecule has 1 aliphatic rings. The summed E-state index contributed by atoms with van der Waals surface area (Å²) in [6.07, 6.45) is 3.94. The number of hydrogen-bond acceptors (Lipinski definition) is 4. The van der Waals surface area contributed by atoms with Gasteiger partial charge in [0.2, 0.25) is 0 Å². The fourth-order valence-electron chi connectivity index (χ4n) is 2.55. The molecular weight excluding hydrogens is 254 g/mol. The Morgan fingerprint density at radius 3 is 3.05 bits per heavy atom. The number of hydrogen-bond donors (Lipinski definition) is 1. The van der Waals surface area contributed by atoms with Crippen LogP contribution in [-0.4, -0.2) is 24.5 Å². The van der Waals surface area contributed by atoms with Gasteiger partial charge in [0.1, 0.15) is 5.75 Å². The van der Waals surface area contributed by atoms with Gasteiger partial charge in [-0.25, -0.2) is 0 Å². The fourth-order valence-corrected chi connectivity index (χ4v) is 2.55. The molecule has 2 N–H and O–H groups in total. The molecule has 102 valence electrons. The lowest BCUT2D eigenvalue weighted by Gasteiger charge is -2.20. The summed E-state index contributed by atoms with van der Waals surface area (Å²) in [5.74, 6) is 0.362. The predicted molar refractivity (Wildman–Crippen MR) is 77.0 cm³/mol. The first kappa shape index (κ1) is 12.5. The zero-order valence-electron chi connectivity index (χ0n) is 11.2. The molecule has 3 rings (SSSR count). The fraction of sp³-hybridized carbons (Fsp3) is 0.200. The largest absolute Gasteiger partial charge is 0.494 e. The van der Waals surface area contributed by atoms with Crippen LogP contribution in [0.25, 0.3) is 0 Å². The van der Waals surface area contributed by atoms with E-state index < -0.39 is 0 Å². The topological polar surface area (TPSA) is 68.5 Å². The van der Waals surface area contributed by atoms with Crippen LogP contribution in [0.5, 0.6) is 5.75 Å². The summed E-state index contributed by atoms with van der Waals surface area (Å²) in [6, 6.07) is 7.39. The van der Waals surface area contributed by atoms with E-state index in [4.69, 9.17) is 10.5 Å². The third-order valence-corrected chi connectivity index (χ3v) is 3.51. The van der Waals surface area contributed by atoms with Crippen molar-refractivity contribution in [2.45, 2.75) is 6.42 Å². The number of aromatic nitrogens is 1. The maximum Gasteiger partial charge on any atom is 0.262 e. The Hall–Kier alpha value is -2.56. The van der Waals surface area contributed by atoms with Crippen LogP contribution in [0.3, 0.4) is 0 Å². The van der Waals surface area contributed by atoms with Gasteiger partial charge in [-0.2, -0.15) is 0 Å². The minimum atomic E-state index is -0.110. The van der Waals surface area contributed by atoms with Gasteiger partial charge in [-0.15, -0.1) is 0 Å². The highest BCUT2D eigenvalue weighted by atomic mass is 16.5. The molecule has 0 saturated heterocycles. The monoisotopic (exact) mass is 269 g/mol. The number of pyridine rings is 1. The van der Waals surface area contributed by atoms with E-state index in [2.05, 4.69) is 4.98 Å². The molecule has 0 saturated carbocycles. The number of para-hydroxylation sites is 1. The molecule has 0 unspecified atom stereocenters. The summed E-state index contributed by atoms with van der Waals surface area (Å²) in [5, 5.41) is 0. The van der Waals surface area contributed by atoms with E-state index in [1.54, 1.807) is 23.4 Å². The highest BCUT2D eigenvalue weighted by molar-refractivity contribution is 6.10. The number of amides is 1. The van der Waals surface area contributed by atoms with Crippen molar-refractivity contribution in [3.05, 3.63) is 47.8 Å². The molecule has 1 aromatic carbocycles. The lowest BCUT2D eigenvalue weighted by Crippen LogP contribution is -2.29. The minimum absolute atomic E-state index is 0.110. The first-order chi connectivity index (χ1) is 9.72. The van der Waals surface area contributed by atoms with E-state index >= 15 is 0 Å². The van der Waals surface area contributed by atoms with Crippen LogP contribution >= 0.6 is 0 Å². The van der Waals surface area contributed by atoms with Gasteiger partial charge in [0.25, 0.3) is 5.91 Å². The SMILES string of the molecule is COc1cnccc1C(=O)N1CCc2cccc(N)c21. The Bertz CT molecular complexity index is 670. The van der Waals surface area contributed by atoms with Crippen molar-refractivity contribution in [1.29, 1.82) is 0 Å². The molecule has 1 amide bonds. The van der Waals surface area contributed by atoms with E-state index in [1.807, 2.05) is 18.2 Å². The van der Waals surface area contributed by atoms with Crippen LogP contribution in [0, 0.1) is 0 Å². The van der Waals surface area contributed by atoms with Crippen LogP contribution in [0.15, 0.2) is 36.7 Å². The average Bonchev–Trinajstić information content (AvgIpc) is 2.92. The van der Waals surface area contributed by atoms with Crippen molar-refractivity contribution in [1.82, 2.24) is 4.98 Å². The third kappa shape index (κ3) is 1.87. The van der Waals surface area contributed by atoms with Crippen molar-refractivity contribution in [2.75, 3.05) is 24.3 Å². The maximum atomic E-state index is 12.7. The Labute approximate surface area is 117 Å². The molecule has 2 heterocycles. The number of rotatable bonds is 2. The van der Waals surface area contributed by atoms with E-state index in [0.29, 0.717) is 23.5 Å². The summed E-state index contributed by atoms with van der Waals surface area (Å²) in [6.45, 7) is 0.633. The zero-order chi connectivity index (χ0) is 14.1. The first-order valence-corrected chi connectivity index (χ1v) is 6.39. The lowest BCUT2D eigenvalue weighted by atomic mass is 10.1. The van der Waals surface area contributed by atoms with Gasteiger partial charge < -0.3 is 15.4 Å². The van der Waals surface area contributed by atoms with Gasteiger partial charge in [0.15, 0.2) is 0 Å². The molecule has 0 spiro atoms. The Balaban J connectivity index is 2.02. The van der Waals surface area contributed by atoms with Crippen LogP contribution < -0.4 is 15.4 Å². The van der Waals surface area contributed by atoms with Gasteiger partial charge in [-0.1, -0.05) is 12.1 Å². The second-order valence-corrected chi connectivity index (χ2v) is 4.64. The predicted octanol–water partition coefficient (Wildman–Crippen LogP) is 1.88. The smallest absolute Gasteiger partial charge is 0.262 e. The second kappa shape index (κ2) is 4.85. The number of methoxy groups -OCH3 is 1. The van der Waals surface area contributed by atoms with Crippen LogP contribution in [-0.2, 0) is 6.42 Å². The van der Waals surface area contributed by atoms with Gasteiger partial charge in [-0.3, -0.25) is 9.78 Å². The zero-order valence-corrected chi connectivity index (χ0v) is 11.2. The summed E-state index contributed by atoms with van der Waals surface area (Å²) in [4.78, 5) is 18.4. The second-order valence-electron chi connectivity index (χ2n) is 4.64. The molecule has 2 aromatic rings. The highest BCUT2D eigenvalue weighted by Crippen LogP contribution is 2.35. The Morgan fingerprint density at radius 2 is 2.25 bits per heavy atom. The molecule has 0 fully saturated rings. The van der Waals surface area contributed by atoms with E-state index in [-0.39, 0.29) is 5.91 Å². The number of nitrogen functional groups attached to an aromatic ring is 1. The average molecular weight is 269 g/mol. The molecule has 0 atom stereocenters. The number of nitrogens with two attached hydrogens (primary N) is 1. The Morgan fingerprint density at radius 1 is 1.40 bits per heavy atom. The normalized spacial score (nSPS) is 13.2. The molecule has 1 aromatic heterocycles. The number of fused-ring (bicyclic) bond motifs is 1. The van der Waals surface area contributed by atoms with Crippen molar-refractivity contribution in [2.24, 2.45) is 0 Å². The van der Waals surface area contributed by atoms with Crippen molar-refractivity contribution in [3.8, 4) is 5.75 Å². The van der Waals surface area contributed by atoms with Gasteiger partial charge >= 0.3 is 0 Å². The van der Waals surface area contributed by atoms with E-state index in [9.17, 15) is 4.79 Å². The minimum Gasteiger partial charge on any atom is -0.494 e. The van der Waals surface area contributed by atoms with E-state index in [1.165, 1.54) is 7.11 Å². The van der Waals surface area contributed by atoms with Crippen LogP contribution in [0.4, 0.5) is 11.4 Å². The number of carbonyl (C=O) groups excluding carboxylic acids is 1. The Kier molecular flexibility index (Phi) is 3.02. The molecular formula is C15H15N3O2. The number of ether oxygens (including phenoxy) is 1. The van der Waals surface area contributed by atoms with Gasteiger partial charge in [0, 0.05) is 12.7 Å². The first-order valence-electron chi connectivity index (χ1n) is 6.39. The van der Waals surface area contributed by atoms with Crippen molar-refractivity contribution in [3.63, 3.8) is 0 Å². The molecule has 1 aliphatic heterocycles. The standard InChI is InChI=1S/C15H15N3O2/c1-20-13-9-17-7-5-11(13)15(19)18-8-6-10-3-2-4-12(16)14(10)18/h2-5,7,9H,6,8,16H2,1H3. The van der Waals surface area contributed by atoms with Gasteiger partial charge in [-0.05, 0) is 24.1 Å². The molecule has 20 heavy (non-hydrogen) atoms. The summed E-state index contributed by atoms with van der Waals surface area (Å²) in [5.41, 5.74) is 9.06. The molecule has 5 heteroatoms. The molecule has 0 aliphatic carbocycles. The summed E-state index contributed by atoms with van der Waals surface area (Å²) < 4.78 is 5.20. The number of anilines is 2. The summed E-state index contributed by atoms with van der Waals surface area (Å²) >= 11 is 0. The van der Waals surface area contributed by atoms with Crippen molar-refractivity contribution < 1.29 is 9.53 Å². The number of benzene rings is 1. The quantitative estimate of drug-likeness (QED) is 0.845. The highest BCUT2D eigenvalue weighted by Gasteiger charge is 2.28. The number of carbonyl (C=O) groups is 1. The molecule has 0 radical (unpaired) electrons. The van der Waals surface area contributed by atoms with Crippen LogP contribution in [0.2, 0.25) is 0 Å². The molecule has 0 bridgehead atoms.